The number of nitrogens with one attached hydrogen (secondary N) is 1. The van der Waals surface area contributed by atoms with Gasteiger partial charge >= 0.3 is 0 Å². The first-order valence-electron chi connectivity index (χ1n) is 9.69. The van der Waals surface area contributed by atoms with Gasteiger partial charge in [-0.1, -0.05) is 30.3 Å². The summed E-state index contributed by atoms with van der Waals surface area (Å²) >= 11 is 0. The second-order valence-electron chi connectivity index (χ2n) is 6.98. The fraction of sp³-hybridized carbons (Fsp3) is 0.0909. The van der Waals surface area contributed by atoms with E-state index >= 15 is 0 Å². The lowest BCUT2D eigenvalue weighted by Gasteiger charge is -2.11. The van der Waals surface area contributed by atoms with Gasteiger partial charge in [-0.25, -0.2) is 10.4 Å². The number of phenolic OH excluding ortho intramolecular Hbond substituents is 1. The van der Waals surface area contributed by atoms with Gasteiger partial charge in [0.05, 0.1) is 27.4 Å². The number of aromatic nitrogens is 2. The number of amides is 1. The molecule has 11 heteroatoms. The SMILES string of the molecule is Cc1nc2ccccc2c(=O)n1OCC(=O)NN=Cc1cc([N+](=O)[O-])c2ccccc2c1O. The minimum atomic E-state index is -0.694. The van der Waals surface area contributed by atoms with Crippen molar-refractivity contribution in [2.24, 2.45) is 5.10 Å². The van der Waals surface area contributed by atoms with Crippen LogP contribution < -0.4 is 15.8 Å². The maximum Gasteiger partial charge on any atom is 0.294 e. The summed E-state index contributed by atoms with van der Waals surface area (Å²) in [6, 6.07) is 14.2. The molecule has 0 saturated heterocycles. The topological polar surface area (TPSA) is 149 Å². The summed E-state index contributed by atoms with van der Waals surface area (Å²) in [6.07, 6.45) is 1.08. The lowest BCUT2D eigenvalue weighted by Crippen LogP contribution is -2.35. The third-order valence-corrected chi connectivity index (χ3v) is 4.83. The Morgan fingerprint density at radius 2 is 1.88 bits per heavy atom. The highest BCUT2D eigenvalue weighted by Gasteiger charge is 2.17. The molecule has 3 aromatic carbocycles. The van der Waals surface area contributed by atoms with Crippen molar-refractivity contribution in [2.45, 2.75) is 6.92 Å². The van der Waals surface area contributed by atoms with Crippen LogP contribution in [0.25, 0.3) is 21.7 Å². The molecule has 0 atom stereocenters. The number of benzene rings is 3. The van der Waals surface area contributed by atoms with Gasteiger partial charge in [0, 0.05) is 17.0 Å². The van der Waals surface area contributed by atoms with E-state index in [0.717, 1.165) is 17.0 Å². The molecule has 1 amide bonds. The van der Waals surface area contributed by atoms with Gasteiger partial charge in [-0.15, -0.1) is 4.73 Å². The molecule has 166 valence electrons. The van der Waals surface area contributed by atoms with Crippen molar-refractivity contribution in [3.63, 3.8) is 0 Å². The number of para-hydroxylation sites is 1. The number of nitro groups is 1. The van der Waals surface area contributed by atoms with Crippen LogP contribution in [0.15, 0.2) is 64.5 Å². The largest absolute Gasteiger partial charge is 0.507 e. The maximum absolute atomic E-state index is 12.5. The number of non-ortho nitro benzene ring substituents is 1. The molecule has 1 heterocycles. The van der Waals surface area contributed by atoms with E-state index in [1.807, 2.05) is 0 Å². The molecule has 0 spiro atoms. The van der Waals surface area contributed by atoms with Gasteiger partial charge in [0.1, 0.15) is 11.6 Å². The first kappa shape index (κ1) is 21.4. The third kappa shape index (κ3) is 4.19. The molecule has 33 heavy (non-hydrogen) atoms. The number of nitrogens with zero attached hydrogens (tertiary/aromatic N) is 4. The summed E-state index contributed by atoms with van der Waals surface area (Å²) in [5, 5.41) is 26.4. The molecule has 0 aliphatic carbocycles. The van der Waals surface area contributed by atoms with E-state index in [1.165, 1.54) is 6.07 Å². The van der Waals surface area contributed by atoms with Gasteiger partial charge in [-0.05, 0) is 25.1 Å². The summed E-state index contributed by atoms with van der Waals surface area (Å²) in [7, 11) is 0. The quantitative estimate of drug-likeness (QED) is 0.261. The molecule has 0 aliphatic heterocycles. The van der Waals surface area contributed by atoms with Crippen molar-refractivity contribution in [3.8, 4) is 5.75 Å². The number of hydrogen-bond donors (Lipinski definition) is 2. The van der Waals surface area contributed by atoms with Crippen LogP contribution in [-0.4, -0.2) is 38.5 Å². The Labute approximate surface area is 185 Å². The smallest absolute Gasteiger partial charge is 0.294 e. The molecular formula is C22H17N5O6. The summed E-state index contributed by atoms with van der Waals surface area (Å²) in [5.41, 5.74) is 2.09. The monoisotopic (exact) mass is 447 g/mol. The Balaban J connectivity index is 1.49. The van der Waals surface area contributed by atoms with E-state index < -0.39 is 23.0 Å². The van der Waals surface area contributed by atoms with Crippen LogP contribution in [0.3, 0.4) is 0 Å². The number of fused-ring (bicyclic) bond motifs is 2. The Morgan fingerprint density at radius 1 is 1.21 bits per heavy atom. The normalized spacial score (nSPS) is 11.2. The molecule has 0 fully saturated rings. The van der Waals surface area contributed by atoms with Crippen molar-refractivity contribution in [1.82, 2.24) is 15.1 Å². The number of hydrazone groups is 1. The lowest BCUT2D eigenvalue weighted by atomic mass is 10.0. The van der Waals surface area contributed by atoms with Crippen LogP contribution in [0.5, 0.6) is 5.75 Å². The number of carbonyl (C=O) groups is 1. The third-order valence-electron chi connectivity index (χ3n) is 4.83. The van der Waals surface area contributed by atoms with Gasteiger partial charge in [0.25, 0.3) is 17.2 Å². The van der Waals surface area contributed by atoms with Crippen molar-refractivity contribution in [3.05, 3.63) is 86.5 Å². The highest BCUT2D eigenvalue weighted by atomic mass is 16.7. The number of hydrogen-bond acceptors (Lipinski definition) is 8. The molecule has 0 unspecified atom stereocenters. The van der Waals surface area contributed by atoms with Crippen LogP contribution in [0.1, 0.15) is 11.4 Å². The van der Waals surface area contributed by atoms with Crippen LogP contribution in [0.2, 0.25) is 0 Å². The fourth-order valence-electron chi connectivity index (χ4n) is 3.32. The van der Waals surface area contributed by atoms with E-state index in [-0.39, 0.29) is 33.6 Å². The zero-order valence-corrected chi connectivity index (χ0v) is 17.3. The summed E-state index contributed by atoms with van der Waals surface area (Å²) in [4.78, 5) is 45.0. The van der Waals surface area contributed by atoms with Crippen molar-refractivity contribution in [2.75, 3.05) is 6.61 Å². The minimum absolute atomic E-state index is 0.0485. The Morgan fingerprint density at radius 3 is 2.61 bits per heavy atom. The van der Waals surface area contributed by atoms with Crippen LogP contribution >= 0.6 is 0 Å². The number of carbonyl (C=O) groups excluding carboxylic acids is 1. The second-order valence-corrected chi connectivity index (χ2v) is 6.98. The molecule has 0 saturated carbocycles. The number of aromatic hydroxyl groups is 1. The van der Waals surface area contributed by atoms with Crippen molar-refractivity contribution < 1.29 is 19.7 Å². The van der Waals surface area contributed by atoms with E-state index in [4.69, 9.17) is 4.84 Å². The van der Waals surface area contributed by atoms with Gasteiger partial charge in [-0.3, -0.25) is 19.7 Å². The zero-order chi connectivity index (χ0) is 23.5. The first-order chi connectivity index (χ1) is 15.9. The first-order valence-corrected chi connectivity index (χ1v) is 9.69. The van der Waals surface area contributed by atoms with Gasteiger partial charge < -0.3 is 9.94 Å². The Kier molecular flexibility index (Phi) is 5.68. The van der Waals surface area contributed by atoms with Crippen molar-refractivity contribution in [1.29, 1.82) is 0 Å². The highest BCUT2D eigenvalue weighted by Crippen LogP contribution is 2.34. The fourth-order valence-corrected chi connectivity index (χ4v) is 3.32. The van der Waals surface area contributed by atoms with Gasteiger partial charge in [0.15, 0.2) is 6.61 Å². The molecule has 0 bridgehead atoms. The van der Waals surface area contributed by atoms with E-state index in [9.17, 15) is 24.8 Å². The van der Waals surface area contributed by atoms with E-state index in [1.54, 1.807) is 49.4 Å². The number of nitro benzene ring substituents is 1. The highest BCUT2D eigenvalue weighted by molar-refractivity contribution is 6.02. The number of phenols is 1. The predicted octanol–water partition coefficient (Wildman–Crippen LogP) is 2.05. The predicted molar refractivity (Wildman–Crippen MR) is 120 cm³/mol. The molecule has 0 radical (unpaired) electrons. The molecule has 11 nitrogen and oxygen atoms in total. The molecule has 0 aliphatic rings. The van der Waals surface area contributed by atoms with Gasteiger partial charge in [0.2, 0.25) is 0 Å². The summed E-state index contributed by atoms with van der Waals surface area (Å²) in [5.74, 6) is -0.640. The zero-order valence-electron chi connectivity index (χ0n) is 17.3. The molecule has 2 N–H and O–H groups in total. The molecule has 4 rings (SSSR count). The Hall–Kier alpha value is -4.80. The maximum atomic E-state index is 12.5. The number of aryl methyl sites for hydroxylation is 1. The molecular weight excluding hydrogens is 430 g/mol. The molecule has 1 aromatic heterocycles. The average molecular weight is 447 g/mol. The second kappa shape index (κ2) is 8.75. The molecule has 4 aromatic rings. The van der Waals surface area contributed by atoms with E-state index in [2.05, 4.69) is 15.5 Å². The van der Waals surface area contributed by atoms with Crippen LogP contribution in [0.4, 0.5) is 5.69 Å². The van der Waals surface area contributed by atoms with E-state index in [0.29, 0.717) is 10.9 Å². The number of rotatable bonds is 6. The minimum Gasteiger partial charge on any atom is -0.507 e. The van der Waals surface area contributed by atoms with Crippen molar-refractivity contribution >= 4 is 39.5 Å². The Bertz CT molecular complexity index is 1490. The summed E-state index contributed by atoms with van der Waals surface area (Å²) < 4.78 is 0.921. The van der Waals surface area contributed by atoms with Crippen LogP contribution in [-0.2, 0) is 4.79 Å². The summed E-state index contributed by atoms with van der Waals surface area (Å²) in [6.45, 7) is 1.03. The lowest BCUT2D eigenvalue weighted by molar-refractivity contribution is -0.383. The standard InChI is InChI=1S/C22H17N5O6/c1-13-24-18-9-5-4-8-17(18)22(30)26(13)33-12-20(28)25-23-11-14-10-19(27(31)32)15-6-2-3-7-16(15)21(14)29/h2-11,29H,12H2,1H3,(H,25,28). The average Bonchev–Trinajstić information content (AvgIpc) is 2.80. The van der Waals surface area contributed by atoms with Gasteiger partial charge in [-0.2, -0.15) is 5.10 Å². The van der Waals surface area contributed by atoms with Crippen LogP contribution in [0, 0.1) is 17.0 Å².